The molecule has 3 heterocycles. The number of para-hydroxylation sites is 1. The van der Waals surface area contributed by atoms with Crippen LogP contribution in [0.5, 0.6) is 0 Å². The van der Waals surface area contributed by atoms with Gasteiger partial charge in [0.25, 0.3) is 0 Å². The van der Waals surface area contributed by atoms with Crippen LogP contribution in [0.15, 0.2) is 146 Å². The van der Waals surface area contributed by atoms with Crippen molar-refractivity contribution in [3.8, 4) is 33.6 Å². The molecule has 0 saturated carbocycles. The minimum absolute atomic E-state index is 0.760. The summed E-state index contributed by atoms with van der Waals surface area (Å²) in [6.07, 6.45) is 14.7. The standard InChI is InChI=1S/C56H59N3/c1-5-9-14-39(7-3)34-41-20-24-43(25-21-41)45-26-31-55-52(37-45)50-32-33-57-56(50)59(55)48-17-13-16-44(36-48)46-27-30-54-51(38-46)49-18-11-12-19-53(49)58(54)47-28-22-42(23-29-47)35-40(8-4)15-10-6-2/h11-13,16-33,36-40,57H,5-10,14-15,34-35H2,1-4H3. The van der Waals surface area contributed by atoms with Crippen LogP contribution >= 0.6 is 0 Å². The Labute approximate surface area is 350 Å². The fraction of sp³-hybridized carbons (Fsp3) is 0.286. The molecular formula is C56H59N3. The second-order valence-corrected chi connectivity index (χ2v) is 17.0. The van der Waals surface area contributed by atoms with Crippen molar-refractivity contribution in [1.29, 1.82) is 0 Å². The summed E-state index contributed by atoms with van der Waals surface area (Å²) in [4.78, 5) is 3.59. The van der Waals surface area contributed by atoms with E-state index in [4.69, 9.17) is 0 Å². The number of benzene rings is 6. The van der Waals surface area contributed by atoms with Gasteiger partial charge in [0, 0.05) is 39.1 Å². The van der Waals surface area contributed by atoms with Crippen LogP contribution in [0.3, 0.4) is 0 Å². The van der Waals surface area contributed by atoms with Crippen LogP contribution in [0, 0.1) is 11.8 Å². The minimum Gasteiger partial charge on any atom is -0.347 e. The van der Waals surface area contributed by atoms with Gasteiger partial charge in [-0.2, -0.15) is 0 Å². The molecule has 0 radical (unpaired) electrons. The first-order valence-electron chi connectivity index (χ1n) is 22.5. The Morgan fingerprint density at radius 2 is 1.00 bits per heavy atom. The van der Waals surface area contributed by atoms with E-state index in [0.717, 1.165) is 29.6 Å². The molecule has 0 saturated heterocycles. The van der Waals surface area contributed by atoms with Crippen molar-refractivity contribution in [3.63, 3.8) is 0 Å². The molecule has 3 nitrogen and oxygen atoms in total. The molecule has 3 aromatic heterocycles. The van der Waals surface area contributed by atoms with Gasteiger partial charge in [0.2, 0.25) is 0 Å². The Hall–Kier alpha value is -5.80. The average molecular weight is 774 g/mol. The molecular weight excluding hydrogens is 715 g/mol. The molecule has 1 N–H and O–H groups in total. The highest BCUT2D eigenvalue weighted by molar-refractivity contribution is 6.11. The molecule has 0 fully saturated rings. The van der Waals surface area contributed by atoms with Crippen LogP contribution in [-0.2, 0) is 12.8 Å². The first kappa shape index (κ1) is 38.7. The Morgan fingerprint density at radius 3 is 1.66 bits per heavy atom. The summed E-state index contributed by atoms with van der Waals surface area (Å²) in [6, 6.07) is 52.8. The largest absolute Gasteiger partial charge is 0.347 e. The van der Waals surface area contributed by atoms with Gasteiger partial charge in [-0.25, -0.2) is 0 Å². The zero-order valence-corrected chi connectivity index (χ0v) is 35.5. The molecule has 0 bridgehead atoms. The van der Waals surface area contributed by atoms with Gasteiger partial charge >= 0.3 is 0 Å². The van der Waals surface area contributed by atoms with Crippen molar-refractivity contribution in [2.24, 2.45) is 11.8 Å². The number of H-pyrrole nitrogens is 1. The number of nitrogens with one attached hydrogen (secondary N) is 1. The van der Waals surface area contributed by atoms with E-state index in [1.54, 1.807) is 0 Å². The van der Waals surface area contributed by atoms with E-state index in [2.05, 4.69) is 188 Å². The predicted octanol–water partition coefficient (Wildman–Crippen LogP) is 16.1. The summed E-state index contributed by atoms with van der Waals surface area (Å²) in [5.74, 6) is 1.53. The number of rotatable bonds is 16. The van der Waals surface area contributed by atoms with Crippen molar-refractivity contribution in [2.75, 3.05) is 0 Å². The van der Waals surface area contributed by atoms with Crippen molar-refractivity contribution < 1.29 is 0 Å². The first-order chi connectivity index (χ1) is 29.1. The SMILES string of the molecule is CCCCC(CC)Cc1ccc(-c2ccc3c(c2)c2cc[nH]c2n3-c2cccc(-c3ccc4c(c3)c3ccccc3n4-c3ccc(CC(CC)CCCC)cc3)c2)cc1. The van der Waals surface area contributed by atoms with Crippen LogP contribution in [0.2, 0.25) is 0 Å². The fourth-order valence-electron chi connectivity index (χ4n) is 9.70. The molecule has 6 aromatic carbocycles. The number of fused-ring (bicyclic) bond motifs is 6. The summed E-state index contributed by atoms with van der Waals surface area (Å²) in [5.41, 5.74) is 15.0. The van der Waals surface area contributed by atoms with Crippen LogP contribution in [0.4, 0.5) is 0 Å². The van der Waals surface area contributed by atoms with Gasteiger partial charge in [-0.15, -0.1) is 0 Å². The zero-order chi connectivity index (χ0) is 40.3. The van der Waals surface area contributed by atoms with Gasteiger partial charge in [-0.3, -0.25) is 4.57 Å². The summed E-state index contributed by atoms with van der Waals surface area (Å²) in [6.45, 7) is 9.27. The number of unbranched alkanes of at least 4 members (excludes halogenated alkanes) is 2. The normalized spacial score (nSPS) is 12.9. The molecule has 9 aromatic rings. The lowest BCUT2D eigenvalue weighted by molar-refractivity contribution is 0.449. The van der Waals surface area contributed by atoms with Crippen LogP contribution < -0.4 is 0 Å². The lowest BCUT2D eigenvalue weighted by atomic mass is 9.91. The summed E-state index contributed by atoms with van der Waals surface area (Å²) >= 11 is 0. The Bertz CT molecular complexity index is 2830. The highest BCUT2D eigenvalue weighted by atomic mass is 15.0. The zero-order valence-electron chi connectivity index (χ0n) is 35.5. The fourth-order valence-corrected chi connectivity index (χ4v) is 9.70. The van der Waals surface area contributed by atoms with Crippen LogP contribution in [-0.4, -0.2) is 14.1 Å². The maximum Gasteiger partial charge on any atom is 0.123 e. The highest BCUT2D eigenvalue weighted by Gasteiger charge is 2.17. The lowest BCUT2D eigenvalue weighted by Gasteiger charge is -2.15. The van der Waals surface area contributed by atoms with E-state index >= 15 is 0 Å². The summed E-state index contributed by atoms with van der Waals surface area (Å²) in [7, 11) is 0. The summed E-state index contributed by atoms with van der Waals surface area (Å²) in [5, 5.41) is 5.07. The van der Waals surface area contributed by atoms with Gasteiger partial charge in [0.15, 0.2) is 0 Å². The van der Waals surface area contributed by atoms with Gasteiger partial charge in [0.1, 0.15) is 5.65 Å². The third kappa shape index (κ3) is 7.64. The van der Waals surface area contributed by atoms with Crippen molar-refractivity contribution >= 4 is 43.7 Å². The molecule has 0 aliphatic carbocycles. The number of hydrogen-bond donors (Lipinski definition) is 1. The molecule has 3 heteroatoms. The third-order valence-electron chi connectivity index (χ3n) is 13.2. The Morgan fingerprint density at radius 1 is 0.441 bits per heavy atom. The monoisotopic (exact) mass is 773 g/mol. The topological polar surface area (TPSA) is 25.6 Å². The van der Waals surface area contributed by atoms with Gasteiger partial charge in [-0.1, -0.05) is 158 Å². The van der Waals surface area contributed by atoms with Crippen molar-refractivity contribution in [3.05, 3.63) is 157 Å². The maximum absolute atomic E-state index is 3.59. The van der Waals surface area contributed by atoms with Crippen molar-refractivity contribution in [2.45, 2.75) is 91.9 Å². The third-order valence-corrected chi connectivity index (χ3v) is 13.2. The predicted molar refractivity (Wildman–Crippen MR) is 254 cm³/mol. The lowest BCUT2D eigenvalue weighted by Crippen LogP contribution is -2.03. The highest BCUT2D eigenvalue weighted by Crippen LogP contribution is 2.38. The molecule has 0 spiro atoms. The Balaban J connectivity index is 1.03. The molecule has 0 aliphatic rings. The van der Waals surface area contributed by atoms with E-state index in [1.165, 1.54) is 135 Å². The molecule has 2 atom stereocenters. The van der Waals surface area contributed by atoms with Crippen LogP contribution in [0.25, 0.3) is 77.4 Å². The van der Waals surface area contributed by atoms with E-state index in [0.29, 0.717) is 0 Å². The molecule has 0 aliphatic heterocycles. The second kappa shape index (κ2) is 17.2. The van der Waals surface area contributed by atoms with Gasteiger partial charge in [-0.05, 0) is 119 Å². The quantitative estimate of drug-likeness (QED) is 0.101. The molecule has 298 valence electrons. The molecule has 2 unspecified atom stereocenters. The second-order valence-electron chi connectivity index (χ2n) is 17.0. The number of nitrogens with zero attached hydrogens (tertiary/aromatic N) is 2. The number of hydrogen-bond acceptors (Lipinski definition) is 0. The van der Waals surface area contributed by atoms with E-state index < -0.39 is 0 Å². The van der Waals surface area contributed by atoms with E-state index in [9.17, 15) is 0 Å². The minimum atomic E-state index is 0.760. The summed E-state index contributed by atoms with van der Waals surface area (Å²) < 4.78 is 4.83. The number of aromatic amines is 1. The molecule has 59 heavy (non-hydrogen) atoms. The number of aromatic nitrogens is 3. The molecule has 0 amide bonds. The van der Waals surface area contributed by atoms with Crippen LogP contribution in [0.1, 0.15) is 90.2 Å². The van der Waals surface area contributed by atoms with E-state index in [-0.39, 0.29) is 0 Å². The molecule has 9 rings (SSSR count). The first-order valence-corrected chi connectivity index (χ1v) is 22.5. The van der Waals surface area contributed by atoms with Crippen molar-refractivity contribution in [1.82, 2.24) is 14.1 Å². The maximum atomic E-state index is 3.59. The average Bonchev–Trinajstić information content (AvgIpc) is 3.98. The Kier molecular flexibility index (Phi) is 11.3. The van der Waals surface area contributed by atoms with E-state index in [1.807, 2.05) is 0 Å². The smallest absolute Gasteiger partial charge is 0.123 e. The van der Waals surface area contributed by atoms with Gasteiger partial charge < -0.3 is 9.55 Å². The van der Waals surface area contributed by atoms with Gasteiger partial charge in [0.05, 0.1) is 16.6 Å².